The van der Waals surface area contributed by atoms with Crippen LogP contribution in [-0.2, 0) is 0 Å². The second kappa shape index (κ2) is 7.38. The predicted molar refractivity (Wildman–Crippen MR) is 110 cm³/mol. The van der Waals surface area contributed by atoms with Crippen molar-refractivity contribution in [3.63, 3.8) is 0 Å². The molecule has 26 heavy (non-hydrogen) atoms. The summed E-state index contributed by atoms with van der Waals surface area (Å²) in [6, 6.07) is 7.44. The van der Waals surface area contributed by atoms with Crippen LogP contribution in [0.25, 0.3) is 5.57 Å². The van der Waals surface area contributed by atoms with Crippen LogP contribution in [0, 0.1) is 24.7 Å². The molecule has 1 aromatic rings. The predicted octanol–water partition coefficient (Wildman–Crippen LogP) is 5.70. The third-order valence-electron chi connectivity index (χ3n) is 7.33. The largest absolute Gasteiger partial charge is 0.497 e. The van der Waals surface area contributed by atoms with Gasteiger partial charge in [0.2, 0.25) is 0 Å². The Morgan fingerprint density at radius 3 is 2.77 bits per heavy atom. The van der Waals surface area contributed by atoms with E-state index in [-0.39, 0.29) is 0 Å². The second-order valence-electron chi connectivity index (χ2n) is 8.78. The Labute approximate surface area is 159 Å². The van der Waals surface area contributed by atoms with Crippen molar-refractivity contribution in [2.24, 2.45) is 17.8 Å². The Morgan fingerprint density at radius 2 is 2.04 bits per heavy atom. The molecule has 5 atom stereocenters. The maximum absolute atomic E-state index is 5.56. The topological polar surface area (TPSA) is 12.5 Å². The zero-order chi connectivity index (χ0) is 18.3. The van der Waals surface area contributed by atoms with Crippen molar-refractivity contribution >= 4 is 5.57 Å². The first kappa shape index (κ1) is 18.1. The number of hydrogen-bond donors (Lipinski definition) is 0. The van der Waals surface area contributed by atoms with Crippen molar-refractivity contribution < 1.29 is 4.74 Å². The maximum Gasteiger partial charge on any atom is 0.119 e. The fourth-order valence-corrected chi connectivity index (χ4v) is 6.25. The van der Waals surface area contributed by atoms with E-state index < -0.39 is 0 Å². The van der Waals surface area contributed by atoms with Crippen LogP contribution in [-0.4, -0.2) is 31.1 Å². The minimum atomic E-state index is 0.788. The van der Waals surface area contributed by atoms with Gasteiger partial charge >= 0.3 is 0 Å². The molecule has 3 aliphatic heterocycles. The quantitative estimate of drug-likeness (QED) is 0.673. The standard InChI is InChI=1S/C24H35NO/c1-5-7-20-21(22-14-19(26-4)9-8-16(22)3)10-11-25-15-17-12-18(6-2)24(25)23(20)13-17/h8-9,14,17-18,23-24H,5-7,10-13,15H2,1-4H3. The third kappa shape index (κ3) is 3.01. The molecule has 142 valence electrons. The van der Waals surface area contributed by atoms with Gasteiger partial charge in [-0.2, -0.15) is 0 Å². The Balaban J connectivity index is 1.82. The lowest BCUT2D eigenvalue weighted by Gasteiger charge is -2.54. The van der Waals surface area contributed by atoms with Crippen LogP contribution in [0.1, 0.15) is 63.5 Å². The number of fused-ring (bicyclic) bond motifs is 1. The van der Waals surface area contributed by atoms with E-state index in [9.17, 15) is 0 Å². The molecule has 2 heteroatoms. The summed E-state index contributed by atoms with van der Waals surface area (Å²) in [4.78, 5) is 2.87. The van der Waals surface area contributed by atoms with E-state index in [0.29, 0.717) is 0 Å². The minimum Gasteiger partial charge on any atom is -0.497 e. The van der Waals surface area contributed by atoms with E-state index in [4.69, 9.17) is 4.74 Å². The van der Waals surface area contributed by atoms with E-state index in [1.54, 1.807) is 18.3 Å². The van der Waals surface area contributed by atoms with Gasteiger partial charge in [-0.1, -0.05) is 38.3 Å². The number of methoxy groups -OCH3 is 1. The SMILES string of the molecule is CCCC1=C(c2cc(OC)ccc2C)CCN2CC3CC(CC)C2C1C3. The highest BCUT2D eigenvalue weighted by Crippen LogP contribution is 2.51. The number of benzene rings is 1. The molecule has 3 heterocycles. The summed E-state index contributed by atoms with van der Waals surface area (Å²) in [5.74, 6) is 3.61. The summed E-state index contributed by atoms with van der Waals surface area (Å²) in [6.45, 7) is 9.62. The van der Waals surface area contributed by atoms with Gasteiger partial charge in [-0.3, -0.25) is 4.90 Å². The lowest BCUT2D eigenvalue weighted by atomic mass is 9.63. The van der Waals surface area contributed by atoms with Crippen LogP contribution >= 0.6 is 0 Å². The average Bonchev–Trinajstić information content (AvgIpc) is 2.77. The summed E-state index contributed by atoms with van der Waals surface area (Å²) >= 11 is 0. The van der Waals surface area contributed by atoms with E-state index in [1.807, 2.05) is 0 Å². The van der Waals surface area contributed by atoms with Crippen molar-refractivity contribution in [3.8, 4) is 5.75 Å². The van der Waals surface area contributed by atoms with Gasteiger partial charge in [0.25, 0.3) is 0 Å². The van der Waals surface area contributed by atoms with Crippen molar-refractivity contribution in [2.45, 2.75) is 65.3 Å². The number of ether oxygens (including phenoxy) is 1. The van der Waals surface area contributed by atoms with Crippen LogP contribution in [0.15, 0.2) is 23.8 Å². The Bertz CT molecular complexity index is 691. The monoisotopic (exact) mass is 353 g/mol. The number of piperidine rings is 2. The molecule has 0 spiro atoms. The molecule has 0 aromatic heterocycles. The van der Waals surface area contributed by atoms with Gasteiger partial charge in [0.05, 0.1) is 7.11 Å². The molecule has 0 amide bonds. The van der Waals surface area contributed by atoms with Gasteiger partial charge in [0, 0.05) is 19.1 Å². The normalized spacial score (nSPS) is 33.3. The van der Waals surface area contributed by atoms with Gasteiger partial charge in [0.15, 0.2) is 0 Å². The van der Waals surface area contributed by atoms with Gasteiger partial charge in [0.1, 0.15) is 5.75 Å². The van der Waals surface area contributed by atoms with Crippen molar-refractivity contribution in [1.82, 2.24) is 4.90 Å². The highest BCUT2D eigenvalue weighted by atomic mass is 16.5. The van der Waals surface area contributed by atoms with Crippen molar-refractivity contribution in [3.05, 3.63) is 34.9 Å². The van der Waals surface area contributed by atoms with Crippen LogP contribution in [0.3, 0.4) is 0 Å². The average molecular weight is 354 g/mol. The van der Waals surface area contributed by atoms with Crippen LogP contribution in [0.2, 0.25) is 0 Å². The fraction of sp³-hybridized carbons (Fsp3) is 0.667. The fourth-order valence-electron chi connectivity index (χ4n) is 6.25. The molecule has 1 aliphatic carbocycles. The van der Waals surface area contributed by atoms with Gasteiger partial charge < -0.3 is 4.74 Å². The summed E-state index contributed by atoms with van der Waals surface area (Å²) in [6.07, 6.45) is 7.98. The maximum atomic E-state index is 5.56. The Morgan fingerprint density at radius 1 is 1.19 bits per heavy atom. The van der Waals surface area contributed by atoms with Crippen molar-refractivity contribution in [2.75, 3.05) is 20.2 Å². The van der Waals surface area contributed by atoms with E-state index in [1.165, 1.54) is 62.7 Å². The molecule has 1 saturated carbocycles. The summed E-state index contributed by atoms with van der Waals surface area (Å²) in [5, 5.41) is 0. The number of hydrogen-bond acceptors (Lipinski definition) is 2. The van der Waals surface area contributed by atoms with Gasteiger partial charge in [-0.25, -0.2) is 0 Å². The van der Waals surface area contributed by atoms with Crippen LogP contribution < -0.4 is 4.74 Å². The van der Waals surface area contributed by atoms with Crippen LogP contribution in [0.5, 0.6) is 5.75 Å². The Kier molecular flexibility index (Phi) is 5.14. The van der Waals surface area contributed by atoms with Gasteiger partial charge in [-0.15, -0.1) is 0 Å². The highest BCUT2D eigenvalue weighted by Gasteiger charge is 2.48. The molecule has 0 N–H and O–H groups in total. The molecule has 5 rings (SSSR count). The van der Waals surface area contributed by atoms with Gasteiger partial charge in [-0.05, 0) is 79.2 Å². The zero-order valence-electron chi connectivity index (χ0n) is 17.1. The third-order valence-corrected chi connectivity index (χ3v) is 7.33. The molecule has 1 aromatic carbocycles. The summed E-state index contributed by atoms with van der Waals surface area (Å²) in [7, 11) is 1.78. The first-order chi connectivity index (χ1) is 12.7. The molecule has 3 fully saturated rings. The smallest absolute Gasteiger partial charge is 0.119 e. The first-order valence-electron chi connectivity index (χ1n) is 10.8. The van der Waals surface area contributed by atoms with Crippen LogP contribution in [0.4, 0.5) is 0 Å². The number of aryl methyl sites for hydroxylation is 1. The van der Waals surface area contributed by atoms with E-state index >= 15 is 0 Å². The zero-order valence-corrected chi connectivity index (χ0v) is 17.1. The molecular formula is C24H35NO. The summed E-state index contributed by atoms with van der Waals surface area (Å²) < 4.78 is 5.56. The van der Waals surface area contributed by atoms with E-state index in [2.05, 4.69) is 43.9 Å². The molecular weight excluding hydrogens is 318 g/mol. The second-order valence-corrected chi connectivity index (χ2v) is 8.78. The Hall–Kier alpha value is -1.28. The summed E-state index contributed by atoms with van der Waals surface area (Å²) in [5.41, 5.74) is 6.29. The molecule has 4 aliphatic rings. The molecule has 5 unspecified atom stereocenters. The lowest BCUT2D eigenvalue weighted by Crippen LogP contribution is -2.57. The number of nitrogens with zero attached hydrogens (tertiary/aromatic N) is 1. The molecule has 2 saturated heterocycles. The molecule has 4 bridgehead atoms. The van der Waals surface area contributed by atoms with E-state index in [0.717, 1.165) is 29.5 Å². The lowest BCUT2D eigenvalue weighted by molar-refractivity contribution is -0.0275. The molecule has 2 nitrogen and oxygen atoms in total. The number of rotatable bonds is 5. The highest BCUT2D eigenvalue weighted by molar-refractivity contribution is 5.73. The first-order valence-corrected chi connectivity index (χ1v) is 10.8. The molecule has 0 radical (unpaired) electrons. The minimum absolute atomic E-state index is 0.788. The van der Waals surface area contributed by atoms with Crippen molar-refractivity contribution in [1.29, 1.82) is 0 Å².